The molecule has 1 aromatic carbocycles. The molecule has 0 saturated carbocycles. The van der Waals surface area contributed by atoms with E-state index in [1.165, 1.54) is 16.8 Å². The zero-order valence-electron chi connectivity index (χ0n) is 16.3. The Bertz CT molecular complexity index is 833. The predicted octanol–water partition coefficient (Wildman–Crippen LogP) is 2.12. The summed E-state index contributed by atoms with van der Waals surface area (Å²) in [4.78, 5) is 15.0. The highest BCUT2D eigenvalue weighted by molar-refractivity contribution is 7.89. The van der Waals surface area contributed by atoms with E-state index in [2.05, 4.69) is 6.92 Å². The number of carbonyl (C=O) groups excluding carboxylic acids is 1. The molecule has 2 saturated heterocycles. The minimum atomic E-state index is -3.61. The minimum Gasteiger partial charge on any atom is -0.486 e. The van der Waals surface area contributed by atoms with E-state index in [0.29, 0.717) is 56.6 Å². The number of sulfonamides is 1. The molecule has 0 aromatic heterocycles. The van der Waals surface area contributed by atoms with Crippen LogP contribution in [-0.4, -0.2) is 62.9 Å². The molecule has 0 N–H and O–H groups in total. The van der Waals surface area contributed by atoms with Crippen LogP contribution in [0.1, 0.15) is 32.6 Å². The molecule has 4 rings (SSSR count). The average molecular weight is 409 g/mol. The lowest BCUT2D eigenvalue weighted by Crippen LogP contribution is -2.46. The first-order chi connectivity index (χ1) is 13.4. The van der Waals surface area contributed by atoms with Crippen LogP contribution < -0.4 is 9.47 Å². The van der Waals surface area contributed by atoms with Gasteiger partial charge in [0.25, 0.3) is 0 Å². The van der Waals surface area contributed by atoms with Gasteiger partial charge in [0.2, 0.25) is 15.9 Å². The summed E-state index contributed by atoms with van der Waals surface area (Å²) in [5, 5.41) is 0. The molecular weight excluding hydrogens is 380 g/mol. The topological polar surface area (TPSA) is 76.2 Å². The van der Waals surface area contributed by atoms with E-state index < -0.39 is 10.0 Å². The number of piperidine rings is 2. The molecule has 1 amide bonds. The SMILES string of the molecule is CC1CCCN(C(=O)C2CCN(S(=O)(=O)c3ccc4c(c3)OCCO4)CC2)C1. The first-order valence-electron chi connectivity index (χ1n) is 10.1. The molecule has 8 heteroatoms. The van der Waals surface area contributed by atoms with Gasteiger partial charge >= 0.3 is 0 Å². The van der Waals surface area contributed by atoms with Crippen LogP contribution in [0.4, 0.5) is 0 Å². The Morgan fingerprint density at radius 2 is 1.75 bits per heavy atom. The second-order valence-corrected chi connectivity index (χ2v) is 9.95. The Morgan fingerprint density at radius 3 is 2.46 bits per heavy atom. The number of likely N-dealkylation sites (tertiary alicyclic amines) is 1. The van der Waals surface area contributed by atoms with Crippen LogP contribution in [0.25, 0.3) is 0 Å². The number of fused-ring (bicyclic) bond motifs is 1. The number of nitrogens with zero attached hydrogens (tertiary/aromatic N) is 2. The lowest BCUT2D eigenvalue weighted by molar-refractivity contribution is -0.138. The molecule has 0 spiro atoms. The van der Waals surface area contributed by atoms with Crippen LogP contribution >= 0.6 is 0 Å². The van der Waals surface area contributed by atoms with Gasteiger partial charge in [-0.3, -0.25) is 4.79 Å². The molecule has 28 heavy (non-hydrogen) atoms. The molecule has 0 radical (unpaired) electrons. The van der Waals surface area contributed by atoms with Crippen molar-refractivity contribution < 1.29 is 22.7 Å². The normalized spacial score (nSPS) is 24.2. The van der Waals surface area contributed by atoms with Gasteiger partial charge < -0.3 is 14.4 Å². The number of rotatable bonds is 3. The second-order valence-electron chi connectivity index (χ2n) is 8.02. The van der Waals surface area contributed by atoms with Gasteiger partial charge in [-0.2, -0.15) is 4.31 Å². The van der Waals surface area contributed by atoms with E-state index >= 15 is 0 Å². The van der Waals surface area contributed by atoms with E-state index in [1.54, 1.807) is 12.1 Å². The fourth-order valence-electron chi connectivity index (χ4n) is 4.32. The van der Waals surface area contributed by atoms with Crippen molar-refractivity contribution >= 4 is 15.9 Å². The quantitative estimate of drug-likeness (QED) is 0.766. The zero-order valence-corrected chi connectivity index (χ0v) is 17.1. The maximum Gasteiger partial charge on any atom is 0.243 e. The Kier molecular flexibility index (Phi) is 5.51. The molecule has 1 unspecified atom stereocenters. The van der Waals surface area contributed by atoms with Crippen molar-refractivity contribution in [2.24, 2.45) is 11.8 Å². The van der Waals surface area contributed by atoms with Crippen LogP contribution in [0.2, 0.25) is 0 Å². The van der Waals surface area contributed by atoms with Crippen LogP contribution in [0, 0.1) is 11.8 Å². The van der Waals surface area contributed by atoms with E-state index in [-0.39, 0.29) is 16.7 Å². The molecule has 154 valence electrons. The molecular formula is C20H28N2O5S. The van der Waals surface area contributed by atoms with Crippen LogP contribution in [0.3, 0.4) is 0 Å². The van der Waals surface area contributed by atoms with Gasteiger partial charge in [-0.25, -0.2) is 8.42 Å². The number of amides is 1. The van der Waals surface area contributed by atoms with Gasteiger partial charge in [-0.1, -0.05) is 6.92 Å². The highest BCUT2D eigenvalue weighted by atomic mass is 32.2. The second kappa shape index (κ2) is 7.91. The number of carbonyl (C=O) groups is 1. The van der Waals surface area contributed by atoms with E-state index in [9.17, 15) is 13.2 Å². The maximum absolute atomic E-state index is 13.0. The van der Waals surface area contributed by atoms with Crippen LogP contribution in [0.15, 0.2) is 23.1 Å². The van der Waals surface area contributed by atoms with Crippen molar-refractivity contribution in [3.63, 3.8) is 0 Å². The van der Waals surface area contributed by atoms with Gasteiger partial charge in [0, 0.05) is 38.2 Å². The van der Waals surface area contributed by atoms with Crippen LogP contribution in [0.5, 0.6) is 11.5 Å². The molecule has 3 heterocycles. The Hall–Kier alpha value is -1.80. The fourth-order valence-corrected chi connectivity index (χ4v) is 5.81. The summed E-state index contributed by atoms with van der Waals surface area (Å²) >= 11 is 0. The summed E-state index contributed by atoms with van der Waals surface area (Å²) in [7, 11) is -3.61. The molecule has 0 aliphatic carbocycles. The lowest BCUT2D eigenvalue weighted by Gasteiger charge is -2.36. The molecule has 3 aliphatic rings. The standard InChI is InChI=1S/C20H28N2O5S/c1-15-3-2-8-21(14-15)20(23)16-6-9-22(10-7-16)28(24,25)17-4-5-18-19(13-17)27-12-11-26-18/h4-5,13,15-16H,2-3,6-12,14H2,1H3. The molecule has 3 aliphatic heterocycles. The monoisotopic (exact) mass is 408 g/mol. The molecule has 7 nitrogen and oxygen atoms in total. The molecule has 0 bridgehead atoms. The number of ether oxygens (including phenoxy) is 2. The lowest BCUT2D eigenvalue weighted by atomic mass is 9.93. The van der Waals surface area contributed by atoms with Gasteiger partial charge in [-0.05, 0) is 43.7 Å². The largest absolute Gasteiger partial charge is 0.486 e. The summed E-state index contributed by atoms with van der Waals surface area (Å²) in [6, 6.07) is 4.75. The van der Waals surface area contributed by atoms with E-state index in [1.807, 2.05) is 4.90 Å². The van der Waals surface area contributed by atoms with Crippen molar-refractivity contribution in [1.82, 2.24) is 9.21 Å². The zero-order chi connectivity index (χ0) is 19.7. The van der Waals surface area contributed by atoms with Gasteiger partial charge in [0.05, 0.1) is 4.90 Å². The highest BCUT2D eigenvalue weighted by Gasteiger charge is 2.35. The van der Waals surface area contributed by atoms with Gasteiger partial charge in [0.1, 0.15) is 13.2 Å². The highest BCUT2D eigenvalue weighted by Crippen LogP contribution is 2.34. The molecule has 1 atom stereocenters. The summed E-state index contributed by atoms with van der Waals surface area (Å²) in [6.07, 6.45) is 3.39. The van der Waals surface area contributed by atoms with E-state index in [0.717, 1.165) is 19.5 Å². The summed E-state index contributed by atoms with van der Waals surface area (Å²) in [5.41, 5.74) is 0. The summed E-state index contributed by atoms with van der Waals surface area (Å²) < 4.78 is 38.5. The van der Waals surface area contributed by atoms with Gasteiger partial charge in [-0.15, -0.1) is 0 Å². The third kappa shape index (κ3) is 3.85. The number of hydrogen-bond donors (Lipinski definition) is 0. The number of benzene rings is 1. The third-order valence-corrected chi connectivity index (χ3v) is 7.82. The summed E-state index contributed by atoms with van der Waals surface area (Å²) in [6.45, 7) is 5.47. The van der Waals surface area contributed by atoms with Crippen molar-refractivity contribution in [2.75, 3.05) is 39.4 Å². The van der Waals surface area contributed by atoms with Crippen molar-refractivity contribution in [1.29, 1.82) is 0 Å². The van der Waals surface area contributed by atoms with Crippen molar-refractivity contribution in [3.05, 3.63) is 18.2 Å². The Labute approximate surface area is 166 Å². The maximum atomic E-state index is 13.0. The van der Waals surface area contributed by atoms with E-state index in [4.69, 9.17) is 9.47 Å². The van der Waals surface area contributed by atoms with Crippen LogP contribution in [-0.2, 0) is 14.8 Å². The first-order valence-corrected chi connectivity index (χ1v) is 11.6. The Balaban J connectivity index is 1.41. The van der Waals surface area contributed by atoms with Gasteiger partial charge in [0.15, 0.2) is 11.5 Å². The van der Waals surface area contributed by atoms with Crippen molar-refractivity contribution in [2.45, 2.75) is 37.5 Å². The number of hydrogen-bond acceptors (Lipinski definition) is 5. The first kappa shape index (κ1) is 19.5. The minimum absolute atomic E-state index is 0.0722. The molecule has 2 fully saturated rings. The predicted molar refractivity (Wildman–Crippen MR) is 104 cm³/mol. The Morgan fingerprint density at radius 1 is 1.04 bits per heavy atom. The fraction of sp³-hybridized carbons (Fsp3) is 0.650. The molecule has 1 aromatic rings. The average Bonchev–Trinajstić information content (AvgIpc) is 2.73. The smallest absolute Gasteiger partial charge is 0.243 e. The third-order valence-electron chi connectivity index (χ3n) is 5.92. The summed E-state index contributed by atoms with van der Waals surface area (Å²) in [5.74, 6) is 1.72. The van der Waals surface area contributed by atoms with Crippen molar-refractivity contribution in [3.8, 4) is 11.5 Å².